The van der Waals surface area contributed by atoms with Crippen molar-refractivity contribution < 1.29 is 24.2 Å². The summed E-state index contributed by atoms with van der Waals surface area (Å²) in [6.07, 6.45) is -0.474. The molecular formula is C26H23ClN2O5. The molecular weight excluding hydrogens is 456 g/mol. The highest BCUT2D eigenvalue weighted by Crippen LogP contribution is 2.44. The van der Waals surface area contributed by atoms with Crippen molar-refractivity contribution in [1.82, 2.24) is 5.32 Å². The van der Waals surface area contributed by atoms with Crippen LogP contribution in [0.1, 0.15) is 40.7 Å². The van der Waals surface area contributed by atoms with Gasteiger partial charge in [-0.15, -0.1) is 0 Å². The van der Waals surface area contributed by atoms with Gasteiger partial charge < -0.3 is 15.2 Å². The lowest BCUT2D eigenvalue weighted by Crippen LogP contribution is -2.40. The number of ether oxygens (including phenoxy) is 1. The lowest BCUT2D eigenvalue weighted by Gasteiger charge is -2.16. The highest BCUT2D eigenvalue weighted by Gasteiger charge is 2.29. The highest BCUT2D eigenvalue weighted by molar-refractivity contribution is 6.33. The molecule has 0 saturated carbocycles. The Morgan fingerprint density at radius 3 is 2.21 bits per heavy atom. The number of rotatable bonds is 7. The van der Waals surface area contributed by atoms with E-state index in [0.29, 0.717) is 0 Å². The number of benzene rings is 3. The van der Waals surface area contributed by atoms with Gasteiger partial charge in [0, 0.05) is 11.5 Å². The maximum atomic E-state index is 12.6. The first kappa shape index (κ1) is 23.3. The number of aliphatic carboxylic acids is 1. The van der Waals surface area contributed by atoms with Crippen molar-refractivity contribution in [2.45, 2.75) is 25.3 Å². The van der Waals surface area contributed by atoms with Crippen LogP contribution in [0.5, 0.6) is 0 Å². The minimum absolute atomic E-state index is 0.0901. The average Bonchev–Trinajstić information content (AvgIpc) is 3.16. The molecule has 0 aliphatic heterocycles. The van der Waals surface area contributed by atoms with Crippen LogP contribution < -0.4 is 10.6 Å². The molecule has 0 unspecified atom stereocenters. The van der Waals surface area contributed by atoms with E-state index in [2.05, 4.69) is 22.8 Å². The van der Waals surface area contributed by atoms with Gasteiger partial charge in [-0.3, -0.25) is 10.1 Å². The van der Waals surface area contributed by atoms with Crippen LogP contribution in [0.4, 0.5) is 10.5 Å². The van der Waals surface area contributed by atoms with Crippen LogP contribution in [0.2, 0.25) is 5.02 Å². The second kappa shape index (κ2) is 9.97. The molecule has 0 spiro atoms. The Balaban J connectivity index is 1.44. The van der Waals surface area contributed by atoms with E-state index in [4.69, 9.17) is 21.4 Å². The molecule has 8 heteroatoms. The first-order valence-corrected chi connectivity index (χ1v) is 11.2. The zero-order chi connectivity index (χ0) is 24.2. The van der Waals surface area contributed by atoms with Crippen LogP contribution in [0, 0.1) is 0 Å². The largest absolute Gasteiger partial charge is 0.480 e. The monoisotopic (exact) mass is 478 g/mol. The van der Waals surface area contributed by atoms with Gasteiger partial charge in [-0.05, 0) is 46.9 Å². The van der Waals surface area contributed by atoms with E-state index in [9.17, 15) is 14.4 Å². The minimum atomic E-state index is -1.12. The second-order valence-electron chi connectivity index (χ2n) is 7.92. The molecule has 4 rings (SSSR count). The molecule has 3 N–H and O–H groups in total. The van der Waals surface area contributed by atoms with Crippen molar-refractivity contribution >= 4 is 35.3 Å². The fourth-order valence-electron chi connectivity index (χ4n) is 4.09. The molecule has 1 atom stereocenters. The lowest BCUT2D eigenvalue weighted by atomic mass is 9.98. The van der Waals surface area contributed by atoms with Crippen molar-refractivity contribution in [3.8, 4) is 11.1 Å². The van der Waals surface area contributed by atoms with Crippen LogP contribution in [-0.2, 0) is 9.53 Å². The first-order valence-electron chi connectivity index (χ1n) is 10.8. The third kappa shape index (κ3) is 4.75. The van der Waals surface area contributed by atoms with Crippen molar-refractivity contribution in [3.05, 3.63) is 88.4 Å². The SMILES string of the molecule is CC[C@@H](NC(=O)c1ccc(Cl)c(NC(=O)OCC2c3ccccc3-c3ccccc32)c1)C(=O)O. The molecule has 1 aliphatic rings. The van der Waals surface area contributed by atoms with Crippen molar-refractivity contribution in [2.75, 3.05) is 11.9 Å². The van der Waals surface area contributed by atoms with Gasteiger partial charge in [-0.2, -0.15) is 0 Å². The predicted molar refractivity (Wildman–Crippen MR) is 129 cm³/mol. The van der Waals surface area contributed by atoms with Gasteiger partial charge in [0.25, 0.3) is 5.91 Å². The van der Waals surface area contributed by atoms with Crippen LogP contribution in [0.3, 0.4) is 0 Å². The third-order valence-corrected chi connectivity index (χ3v) is 6.15. The molecule has 7 nitrogen and oxygen atoms in total. The number of hydrogen-bond acceptors (Lipinski definition) is 4. The molecule has 0 bridgehead atoms. The molecule has 3 aromatic carbocycles. The third-order valence-electron chi connectivity index (χ3n) is 5.82. The molecule has 1 aliphatic carbocycles. The number of nitrogens with one attached hydrogen (secondary N) is 2. The number of carboxylic acid groups (broad SMARTS) is 1. The molecule has 0 saturated heterocycles. The summed E-state index contributed by atoms with van der Waals surface area (Å²) in [4.78, 5) is 36.2. The number of carbonyl (C=O) groups is 3. The summed E-state index contributed by atoms with van der Waals surface area (Å²) in [7, 11) is 0. The van der Waals surface area contributed by atoms with Gasteiger partial charge in [-0.25, -0.2) is 9.59 Å². The molecule has 174 valence electrons. The molecule has 0 fully saturated rings. The number of anilines is 1. The Bertz CT molecular complexity index is 1210. The Morgan fingerprint density at radius 1 is 1.00 bits per heavy atom. The van der Waals surface area contributed by atoms with Crippen LogP contribution in [-0.4, -0.2) is 35.7 Å². The van der Waals surface area contributed by atoms with Crippen LogP contribution in [0.15, 0.2) is 66.7 Å². The van der Waals surface area contributed by atoms with Gasteiger partial charge in [0.05, 0.1) is 10.7 Å². The Morgan fingerprint density at radius 2 is 1.62 bits per heavy atom. The van der Waals surface area contributed by atoms with E-state index in [1.54, 1.807) is 6.92 Å². The standard InChI is InChI=1S/C26H23ClN2O5/c1-2-22(25(31)32)28-24(30)15-11-12-21(27)23(13-15)29-26(33)34-14-20-18-9-5-3-7-16(18)17-8-4-6-10-19(17)20/h3-13,20,22H,2,14H2,1H3,(H,28,30)(H,29,33)(H,31,32)/t22-/m1/s1. The number of halogens is 1. The number of hydrogen-bond donors (Lipinski definition) is 3. The van der Waals surface area contributed by atoms with E-state index < -0.39 is 24.0 Å². The van der Waals surface area contributed by atoms with E-state index in [1.807, 2.05) is 36.4 Å². The predicted octanol–water partition coefficient (Wildman–Crippen LogP) is 5.29. The normalized spacial score (nSPS) is 12.9. The summed E-state index contributed by atoms with van der Waals surface area (Å²) in [6, 6.07) is 19.3. The van der Waals surface area contributed by atoms with Gasteiger partial charge in [0.15, 0.2) is 0 Å². The summed E-state index contributed by atoms with van der Waals surface area (Å²) >= 11 is 6.19. The lowest BCUT2D eigenvalue weighted by molar-refractivity contribution is -0.139. The van der Waals surface area contributed by atoms with Gasteiger partial charge in [0.1, 0.15) is 12.6 Å². The number of carbonyl (C=O) groups excluding carboxylic acids is 2. The number of fused-ring (bicyclic) bond motifs is 3. The average molecular weight is 479 g/mol. The summed E-state index contributed by atoms with van der Waals surface area (Å²) in [5.41, 5.74) is 4.79. The number of amides is 2. The molecule has 0 heterocycles. The second-order valence-corrected chi connectivity index (χ2v) is 8.32. The van der Waals surface area contributed by atoms with Crippen molar-refractivity contribution in [3.63, 3.8) is 0 Å². The minimum Gasteiger partial charge on any atom is -0.480 e. The van der Waals surface area contributed by atoms with E-state index >= 15 is 0 Å². The zero-order valence-electron chi connectivity index (χ0n) is 18.4. The Labute approximate surface area is 201 Å². The smallest absolute Gasteiger partial charge is 0.411 e. The fourth-order valence-corrected chi connectivity index (χ4v) is 4.25. The summed E-state index contributed by atoms with van der Waals surface area (Å²) in [5.74, 6) is -1.80. The summed E-state index contributed by atoms with van der Waals surface area (Å²) in [5, 5.41) is 14.4. The fraction of sp³-hybridized carbons (Fsp3) is 0.192. The molecule has 3 aromatic rings. The summed E-state index contributed by atoms with van der Waals surface area (Å²) < 4.78 is 5.53. The van der Waals surface area contributed by atoms with Crippen LogP contribution in [0.25, 0.3) is 11.1 Å². The quantitative estimate of drug-likeness (QED) is 0.427. The zero-order valence-corrected chi connectivity index (χ0v) is 19.1. The molecule has 0 aromatic heterocycles. The maximum Gasteiger partial charge on any atom is 0.411 e. The highest BCUT2D eigenvalue weighted by atomic mass is 35.5. The first-order chi connectivity index (χ1) is 16.4. The Kier molecular flexibility index (Phi) is 6.84. The van der Waals surface area contributed by atoms with E-state index in [-0.39, 0.29) is 35.2 Å². The molecule has 0 radical (unpaired) electrons. The molecule has 2 amide bonds. The van der Waals surface area contributed by atoms with Gasteiger partial charge >= 0.3 is 12.1 Å². The van der Waals surface area contributed by atoms with Crippen LogP contribution >= 0.6 is 11.6 Å². The topological polar surface area (TPSA) is 105 Å². The summed E-state index contributed by atoms with van der Waals surface area (Å²) in [6.45, 7) is 1.79. The molecule has 34 heavy (non-hydrogen) atoms. The number of carboxylic acids is 1. The Hall–Kier alpha value is -3.84. The van der Waals surface area contributed by atoms with E-state index in [0.717, 1.165) is 22.3 Å². The van der Waals surface area contributed by atoms with Crippen molar-refractivity contribution in [1.29, 1.82) is 0 Å². The maximum absolute atomic E-state index is 12.6. The van der Waals surface area contributed by atoms with Crippen molar-refractivity contribution in [2.24, 2.45) is 0 Å². The van der Waals surface area contributed by atoms with Gasteiger partial charge in [0.2, 0.25) is 0 Å². The van der Waals surface area contributed by atoms with Gasteiger partial charge in [-0.1, -0.05) is 67.1 Å². The van der Waals surface area contributed by atoms with E-state index in [1.165, 1.54) is 18.2 Å².